The van der Waals surface area contributed by atoms with E-state index in [9.17, 15) is 0 Å². The first-order valence-corrected chi connectivity index (χ1v) is 6.62. The Hall–Kier alpha value is -1.23. The van der Waals surface area contributed by atoms with Gasteiger partial charge in [0.2, 0.25) is 0 Å². The molecule has 1 aromatic carbocycles. The molecule has 0 saturated carbocycles. The van der Waals surface area contributed by atoms with Crippen molar-refractivity contribution < 1.29 is 4.74 Å². The lowest BCUT2D eigenvalue weighted by Crippen LogP contribution is -2.45. The molecule has 3 N–H and O–H groups in total. The van der Waals surface area contributed by atoms with E-state index in [-0.39, 0.29) is 5.54 Å². The van der Waals surface area contributed by atoms with Crippen LogP contribution in [0.2, 0.25) is 0 Å². The Morgan fingerprint density at radius 3 is 2.50 bits per heavy atom. The zero-order valence-electron chi connectivity index (χ0n) is 11.0. The number of benzene rings is 1. The van der Waals surface area contributed by atoms with Crippen LogP contribution in [-0.4, -0.2) is 24.7 Å². The number of hydrogen-bond acceptors (Lipinski definition) is 2. The van der Waals surface area contributed by atoms with E-state index >= 15 is 0 Å². The number of nitrogens with zero attached hydrogens (tertiary/aromatic N) is 1. The van der Waals surface area contributed by atoms with Gasteiger partial charge in [0.15, 0.2) is 5.96 Å². The molecule has 0 heterocycles. The van der Waals surface area contributed by atoms with E-state index in [0.717, 1.165) is 10.2 Å². The molecular weight excluding hydrogens is 294 g/mol. The van der Waals surface area contributed by atoms with Crippen molar-refractivity contribution in [3.63, 3.8) is 0 Å². The molecule has 100 valence electrons. The maximum atomic E-state index is 5.74. The van der Waals surface area contributed by atoms with E-state index in [1.54, 1.807) is 0 Å². The van der Waals surface area contributed by atoms with Crippen LogP contribution in [0.5, 0.6) is 5.75 Å². The number of rotatable bonds is 4. The van der Waals surface area contributed by atoms with Crippen molar-refractivity contribution >= 4 is 21.9 Å². The van der Waals surface area contributed by atoms with Gasteiger partial charge in [0.1, 0.15) is 12.4 Å². The molecule has 18 heavy (non-hydrogen) atoms. The van der Waals surface area contributed by atoms with Gasteiger partial charge in [-0.3, -0.25) is 0 Å². The molecule has 1 aromatic rings. The van der Waals surface area contributed by atoms with Crippen LogP contribution in [0.1, 0.15) is 20.8 Å². The molecule has 0 radical (unpaired) electrons. The molecule has 0 aliphatic carbocycles. The van der Waals surface area contributed by atoms with E-state index in [1.165, 1.54) is 0 Å². The Morgan fingerprint density at radius 1 is 1.33 bits per heavy atom. The third-order valence-corrected chi connectivity index (χ3v) is 2.49. The summed E-state index contributed by atoms with van der Waals surface area (Å²) in [6, 6.07) is 7.69. The third-order valence-electron chi connectivity index (χ3n) is 1.96. The summed E-state index contributed by atoms with van der Waals surface area (Å²) in [4.78, 5) is 4.19. The molecule has 0 unspecified atom stereocenters. The molecule has 0 aliphatic rings. The fourth-order valence-electron chi connectivity index (χ4n) is 1.28. The molecule has 0 atom stereocenters. The van der Waals surface area contributed by atoms with Gasteiger partial charge in [-0.1, -0.05) is 15.9 Å². The molecule has 0 fully saturated rings. The average Bonchev–Trinajstić information content (AvgIpc) is 2.24. The lowest BCUT2D eigenvalue weighted by Gasteiger charge is -2.20. The second-order valence-electron chi connectivity index (χ2n) is 4.94. The van der Waals surface area contributed by atoms with Gasteiger partial charge in [0, 0.05) is 10.0 Å². The summed E-state index contributed by atoms with van der Waals surface area (Å²) in [5.74, 6) is 1.28. The predicted octanol–water partition coefficient (Wildman–Crippen LogP) is 2.53. The van der Waals surface area contributed by atoms with E-state index in [2.05, 4.69) is 26.2 Å². The van der Waals surface area contributed by atoms with Crippen molar-refractivity contribution in [2.24, 2.45) is 10.7 Å². The highest BCUT2D eigenvalue weighted by molar-refractivity contribution is 9.10. The molecule has 0 aliphatic heterocycles. The number of nitrogens with two attached hydrogens (primary N) is 1. The van der Waals surface area contributed by atoms with Gasteiger partial charge in [-0.2, -0.15) is 0 Å². The average molecular weight is 314 g/mol. The first-order valence-electron chi connectivity index (χ1n) is 5.83. The van der Waals surface area contributed by atoms with Crippen molar-refractivity contribution in [1.29, 1.82) is 0 Å². The van der Waals surface area contributed by atoms with Crippen LogP contribution in [-0.2, 0) is 0 Å². The highest BCUT2D eigenvalue weighted by Crippen LogP contribution is 2.15. The minimum absolute atomic E-state index is 0.0693. The molecule has 1 rings (SSSR count). The Labute approximate surface area is 117 Å². The molecule has 0 spiro atoms. The minimum atomic E-state index is -0.0693. The van der Waals surface area contributed by atoms with Crippen LogP contribution in [0.4, 0.5) is 0 Å². The van der Waals surface area contributed by atoms with Crippen LogP contribution >= 0.6 is 15.9 Å². The van der Waals surface area contributed by atoms with Gasteiger partial charge in [-0.25, -0.2) is 4.99 Å². The fraction of sp³-hybridized carbons (Fsp3) is 0.462. The molecule has 5 heteroatoms. The lowest BCUT2D eigenvalue weighted by atomic mass is 10.1. The summed E-state index contributed by atoms with van der Waals surface area (Å²) in [5, 5.41) is 3.09. The van der Waals surface area contributed by atoms with Crippen LogP contribution in [0, 0.1) is 0 Å². The number of halogens is 1. The summed E-state index contributed by atoms with van der Waals surface area (Å²) in [5.41, 5.74) is 5.67. The highest BCUT2D eigenvalue weighted by atomic mass is 79.9. The van der Waals surface area contributed by atoms with Crippen molar-refractivity contribution in [2.45, 2.75) is 26.3 Å². The first kappa shape index (κ1) is 14.8. The summed E-state index contributed by atoms with van der Waals surface area (Å²) in [7, 11) is 0. The van der Waals surface area contributed by atoms with Gasteiger partial charge in [0.25, 0.3) is 0 Å². The zero-order valence-corrected chi connectivity index (χ0v) is 12.6. The monoisotopic (exact) mass is 313 g/mol. The number of nitrogens with one attached hydrogen (secondary N) is 1. The van der Waals surface area contributed by atoms with Crippen LogP contribution in [0.3, 0.4) is 0 Å². The molecule has 0 aromatic heterocycles. The fourth-order valence-corrected chi connectivity index (χ4v) is 1.55. The Kier molecular flexibility index (Phi) is 5.47. The Morgan fingerprint density at radius 2 is 1.94 bits per heavy atom. The summed E-state index contributed by atoms with van der Waals surface area (Å²) >= 11 is 3.37. The van der Waals surface area contributed by atoms with Crippen LogP contribution in [0.25, 0.3) is 0 Å². The third kappa shape index (κ3) is 6.49. The molecule has 0 saturated heterocycles. The van der Waals surface area contributed by atoms with Crippen molar-refractivity contribution in [3.05, 3.63) is 28.7 Å². The molecule has 0 bridgehead atoms. The van der Waals surface area contributed by atoms with Gasteiger partial charge >= 0.3 is 0 Å². The van der Waals surface area contributed by atoms with E-state index < -0.39 is 0 Å². The molecular formula is C13H20BrN3O. The van der Waals surface area contributed by atoms with Gasteiger partial charge in [0.05, 0.1) is 6.54 Å². The Balaban J connectivity index is 2.30. The zero-order chi connectivity index (χ0) is 13.6. The number of guanidine groups is 1. The number of aliphatic imine (C=N–C) groups is 1. The maximum absolute atomic E-state index is 5.74. The standard InChI is InChI=1S/C13H20BrN3O/c1-13(2,3)17-12(15)16-8-9-18-11-6-4-10(14)5-7-11/h4-7H,8-9H2,1-3H3,(H3,15,16,17). The summed E-state index contributed by atoms with van der Waals surface area (Å²) in [6.07, 6.45) is 0. The molecule has 4 nitrogen and oxygen atoms in total. The van der Waals surface area contributed by atoms with Gasteiger partial charge < -0.3 is 15.8 Å². The van der Waals surface area contributed by atoms with E-state index in [0.29, 0.717) is 19.1 Å². The van der Waals surface area contributed by atoms with Crippen molar-refractivity contribution in [2.75, 3.05) is 13.2 Å². The van der Waals surface area contributed by atoms with Crippen LogP contribution in [0.15, 0.2) is 33.7 Å². The Bertz CT molecular complexity index is 396. The normalized spacial score (nSPS) is 12.3. The lowest BCUT2D eigenvalue weighted by molar-refractivity contribution is 0.328. The van der Waals surface area contributed by atoms with E-state index in [4.69, 9.17) is 10.5 Å². The van der Waals surface area contributed by atoms with Crippen molar-refractivity contribution in [3.8, 4) is 5.75 Å². The topological polar surface area (TPSA) is 59.6 Å². The van der Waals surface area contributed by atoms with E-state index in [1.807, 2.05) is 45.0 Å². The quantitative estimate of drug-likeness (QED) is 0.510. The predicted molar refractivity (Wildman–Crippen MR) is 79.0 cm³/mol. The summed E-state index contributed by atoms with van der Waals surface area (Å²) < 4.78 is 6.56. The van der Waals surface area contributed by atoms with Crippen LogP contribution < -0.4 is 15.8 Å². The first-order chi connectivity index (χ1) is 8.37. The highest BCUT2D eigenvalue weighted by Gasteiger charge is 2.09. The SMILES string of the molecule is CC(C)(C)NC(N)=NCCOc1ccc(Br)cc1. The largest absolute Gasteiger partial charge is 0.492 e. The smallest absolute Gasteiger partial charge is 0.189 e. The van der Waals surface area contributed by atoms with Gasteiger partial charge in [-0.15, -0.1) is 0 Å². The summed E-state index contributed by atoms with van der Waals surface area (Å²) in [6.45, 7) is 7.15. The van der Waals surface area contributed by atoms with Crippen molar-refractivity contribution in [1.82, 2.24) is 5.32 Å². The number of hydrogen-bond donors (Lipinski definition) is 2. The second kappa shape index (κ2) is 6.64. The maximum Gasteiger partial charge on any atom is 0.189 e. The molecule has 0 amide bonds. The van der Waals surface area contributed by atoms with Gasteiger partial charge in [-0.05, 0) is 45.0 Å². The minimum Gasteiger partial charge on any atom is -0.492 e. The second-order valence-corrected chi connectivity index (χ2v) is 5.86. The number of ether oxygens (including phenoxy) is 1.